The van der Waals surface area contributed by atoms with E-state index in [0.717, 1.165) is 11.3 Å². The van der Waals surface area contributed by atoms with Crippen LogP contribution in [0.4, 0.5) is 0 Å². The summed E-state index contributed by atoms with van der Waals surface area (Å²) < 4.78 is 0. The molecule has 0 spiro atoms. The minimum atomic E-state index is -0.0345. The Hall–Kier alpha value is -1.87. The number of benzene rings is 1. The molecule has 1 unspecified atom stereocenters. The number of hydrogen-bond donors (Lipinski definition) is 1. The van der Waals surface area contributed by atoms with Gasteiger partial charge in [0.2, 0.25) is 5.91 Å². The van der Waals surface area contributed by atoms with Crippen molar-refractivity contribution in [1.29, 1.82) is 0 Å². The van der Waals surface area contributed by atoms with Gasteiger partial charge in [-0.1, -0.05) is 43.3 Å². The second-order valence-electron chi connectivity index (χ2n) is 4.61. The highest BCUT2D eigenvalue weighted by Gasteiger charge is 2.09. The molecule has 2 rings (SSSR count). The van der Waals surface area contributed by atoms with E-state index in [9.17, 15) is 4.79 Å². The third-order valence-corrected chi connectivity index (χ3v) is 4.07. The van der Waals surface area contributed by atoms with Crippen LogP contribution >= 0.6 is 11.3 Å². The van der Waals surface area contributed by atoms with E-state index in [1.165, 1.54) is 5.56 Å². The van der Waals surface area contributed by atoms with E-state index >= 15 is 0 Å². The number of amides is 1. The molecule has 3 heteroatoms. The van der Waals surface area contributed by atoms with E-state index < -0.39 is 0 Å². The SMILES string of the molecule is CCC(CNC(=O)/C=C/c1cccs1)c1ccccc1. The zero-order valence-electron chi connectivity index (χ0n) is 11.6. The normalized spacial score (nSPS) is 12.4. The van der Waals surface area contributed by atoms with Crippen LogP contribution in [0.3, 0.4) is 0 Å². The number of rotatable bonds is 6. The lowest BCUT2D eigenvalue weighted by Crippen LogP contribution is -2.26. The van der Waals surface area contributed by atoms with Gasteiger partial charge in [0.15, 0.2) is 0 Å². The summed E-state index contributed by atoms with van der Waals surface area (Å²) in [5.41, 5.74) is 1.28. The minimum Gasteiger partial charge on any atom is -0.352 e. The van der Waals surface area contributed by atoms with E-state index in [2.05, 4.69) is 24.4 Å². The molecule has 104 valence electrons. The van der Waals surface area contributed by atoms with Crippen molar-refractivity contribution in [3.05, 3.63) is 64.4 Å². The maximum absolute atomic E-state index is 11.8. The molecule has 0 saturated heterocycles. The van der Waals surface area contributed by atoms with Crippen molar-refractivity contribution in [2.45, 2.75) is 19.3 Å². The van der Waals surface area contributed by atoms with Crippen molar-refractivity contribution in [2.75, 3.05) is 6.54 Å². The van der Waals surface area contributed by atoms with Gasteiger partial charge >= 0.3 is 0 Å². The second-order valence-corrected chi connectivity index (χ2v) is 5.59. The average Bonchev–Trinajstić information content (AvgIpc) is 3.00. The van der Waals surface area contributed by atoms with Gasteiger partial charge < -0.3 is 5.32 Å². The van der Waals surface area contributed by atoms with Crippen LogP contribution in [-0.4, -0.2) is 12.5 Å². The average molecular weight is 285 g/mol. The van der Waals surface area contributed by atoms with Crippen LogP contribution in [0, 0.1) is 0 Å². The first kappa shape index (κ1) is 14.5. The van der Waals surface area contributed by atoms with E-state index in [1.54, 1.807) is 17.4 Å². The molecule has 1 aromatic carbocycles. The summed E-state index contributed by atoms with van der Waals surface area (Å²) in [6.07, 6.45) is 4.46. The zero-order valence-corrected chi connectivity index (χ0v) is 12.4. The van der Waals surface area contributed by atoms with Gasteiger partial charge in [0.05, 0.1) is 0 Å². The fourth-order valence-corrected chi connectivity index (χ4v) is 2.67. The highest BCUT2D eigenvalue weighted by molar-refractivity contribution is 7.10. The molecule has 0 aliphatic carbocycles. The third kappa shape index (κ3) is 4.35. The molecule has 0 aliphatic heterocycles. The number of carbonyl (C=O) groups excluding carboxylic acids is 1. The van der Waals surface area contributed by atoms with Crippen molar-refractivity contribution in [3.8, 4) is 0 Å². The predicted octanol–water partition coefficient (Wildman–Crippen LogP) is 4.07. The quantitative estimate of drug-likeness (QED) is 0.796. The van der Waals surface area contributed by atoms with Crippen molar-refractivity contribution in [3.63, 3.8) is 0 Å². The van der Waals surface area contributed by atoms with Crippen LogP contribution < -0.4 is 5.32 Å². The molecule has 1 aromatic heterocycles. The smallest absolute Gasteiger partial charge is 0.244 e. The van der Waals surface area contributed by atoms with Crippen LogP contribution in [0.1, 0.15) is 29.7 Å². The van der Waals surface area contributed by atoms with Gasteiger partial charge in [0.1, 0.15) is 0 Å². The van der Waals surface area contributed by atoms with Crippen LogP contribution in [0.25, 0.3) is 6.08 Å². The maximum atomic E-state index is 11.8. The first-order chi connectivity index (χ1) is 9.79. The minimum absolute atomic E-state index is 0.0345. The monoisotopic (exact) mass is 285 g/mol. The Morgan fingerprint density at radius 2 is 2.05 bits per heavy atom. The van der Waals surface area contributed by atoms with E-state index in [4.69, 9.17) is 0 Å². The molecule has 0 fully saturated rings. The van der Waals surface area contributed by atoms with Gasteiger partial charge in [-0.25, -0.2) is 0 Å². The fraction of sp³-hybridized carbons (Fsp3) is 0.235. The highest BCUT2D eigenvalue weighted by Crippen LogP contribution is 2.17. The van der Waals surface area contributed by atoms with E-state index in [0.29, 0.717) is 12.5 Å². The molecule has 0 saturated carbocycles. The van der Waals surface area contributed by atoms with Gasteiger partial charge in [-0.05, 0) is 29.5 Å². The summed E-state index contributed by atoms with van der Waals surface area (Å²) in [7, 11) is 0. The Balaban J connectivity index is 1.86. The molecule has 0 bridgehead atoms. The summed E-state index contributed by atoms with van der Waals surface area (Å²) in [6, 6.07) is 14.3. The summed E-state index contributed by atoms with van der Waals surface area (Å²) in [4.78, 5) is 12.9. The highest BCUT2D eigenvalue weighted by atomic mass is 32.1. The lowest BCUT2D eigenvalue weighted by Gasteiger charge is -2.15. The van der Waals surface area contributed by atoms with Gasteiger partial charge in [-0.2, -0.15) is 0 Å². The van der Waals surface area contributed by atoms with E-state index in [-0.39, 0.29) is 5.91 Å². The van der Waals surface area contributed by atoms with Crippen LogP contribution in [-0.2, 0) is 4.79 Å². The summed E-state index contributed by atoms with van der Waals surface area (Å²) in [6.45, 7) is 2.82. The van der Waals surface area contributed by atoms with Crippen molar-refractivity contribution in [1.82, 2.24) is 5.32 Å². The predicted molar refractivity (Wildman–Crippen MR) is 85.8 cm³/mol. The van der Waals surface area contributed by atoms with Crippen LogP contribution in [0.15, 0.2) is 53.9 Å². The number of hydrogen-bond acceptors (Lipinski definition) is 2. The van der Waals surface area contributed by atoms with Crippen molar-refractivity contribution < 1.29 is 4.79 Å². The Morgan fingerprint density at radius 3 is 2.70 bits per heavy atom. The zero-order chi connectivity index (χ0) is 14.2. The molecule has 1 N–H and O–H groups in total. The van der Waals surface area contributed by atoms with Gasteiger partial charge in [-0.15, -0.1) is 11.3 Å². The van der Waals surface area contributed by atoms with Crippen molar-refractivity contribution in [2.24, 2.45) is 0 Å². The molecular formula is C17H19NOS. The van der Waals surface area contributed by atoms with Gasteiger partial charge in [0.25, 0.3) is 0 Å². The molecule has 0 radical (unpaired) electrons. The van der Waals surface area contributed by atoms with Crippen LogP contribution in [0.5, 0.6) is 0 Å². The molecule has 2 nitrogen and oxygen atoms in total. The first-order valence-electron chi connectivity index (χ1n) is 6.84. The molecule has 0 aliphatic rings. The number of thiophene rings is 1. The topological polar surface area (TPSA) is 29.1 Å². The Kier molecular flexibility index (Phi) is 5.56. The number of carbonyl (C=O) groups is 1. The van der Waals surface area contributed by atoms with E-state index in [1.807, 2.05) is 41.8 Å². The third-order valence-electron chi connectivity index (χ3n) is 3.23. The first-order valence-corrected chi connectivity index (χ1v) is 7.72. The summed E-state index contributed by atoms with van der Waals surface area (Å²) in [5.74, 6) is 0.336. The Morgan fingerprint density at radius 1 is 1.25 bits per heavy atom. The van der Waals surface area contributed by atoms with Crippen molar-refractivity contribution >= 4 is 23.3 Å². The second kappa shape index (κ2) is 7.65. The van der Waals surface area contributed by atoms with Crippen LogP contribution in [0.2, 0.25) is 0 Å². The molecule has 1 atom stereocenters. The van der Waals surface area contributed by atoms with Gasteiger partial charge in [0, 0.05) is 23.4 Å². The molecule has 20 heavy (non-hydrogen) atoms. The fourth-order valence-electron chi connectivity index (χ4n) is 2.05. The largest absolute Gasteiger partial charge is 0.352 e. The lowest BCUT2D eigenvalue weighted by molar-refractivity contribution is -0.116. The molecular weight excluding hydrogens is 266 g/mol. The maximum Gasteiger partial charge on any atom is 0.244 e. The summed E-state index contributed by atoms with van der Waals surface area (Å²) >= 11 is 1.62. The van der Waals surface area contributed by atoms with Gasteiger partial charge in [-0.3, -0.25) is 4.79 Å². The standard InChI is InChI=1S/C17H19NOS/c1-2-14(15-7-4-3-5-8-15)13-18-17(19)11-10-16-9-6-12-20-16/h3-12,14H,2,13H2,1H3,(H,18,19)/b11-10+. The molecule has 1 heterocycles. The molecule has 2 aromatic rings. The lowest BCUT2D eigenvalue weighted by atomic mass is 9.96. The summed E-state index contributed by atoms with van der Waals surface area (Å²) in [5, 5.41) is 4.97. The molecule has 1 amide bonds. The Labute approximate surface area is 124 Å². The number of nitrogens with one attached hydrogen (secondary N) is 1. The Bertz CT molecular complexity index is 546.